The molecule has 2 aliphatic heterocycles. The van der Waals surface area contributed by atoms with Gasteiger partial charge in [-0.2, -0.15) is 13.2 Å². The standard InChI is InChI=1S/C19H17F3N2O/c1-18(2)16-14(19(20,21)22)7-13(8-15(16)23-17(18)25)24-9-11-5-3-4-6-12(11)10-24/h3-8H,9-10H2,1-2H3,(H,23,25). The van der Waals surface area contributed by atoms with E-state index in [0.717, 1.165) is 11.1 Å². The highest BCUT2D eigenvalue weighted by Crippen LogP contribution is 2.48. The molecule has 0 unspecified atom stereocenters. The van der Waals surface area contributed by atoms with Crippen LogP contribution in [0.15, 0.2) is 36.4 Å². The van der Waals surface area contributed by atoms with Gasteiger partial charge in [0.15, 0.2) is 0 Å². The number of nitrogens with zero attached hydrogens (tertiary/aromatic N) is 1. The molecule has 2 heterocycles. The number of alkyl halides is 3. The number of carbonyl (C=O) groups is 1. The Hall–Kier alpha value is -2.50. The molecule has 3 nitrogen and oxygen atoms in total. The number of rotatable bonds is 1. The van der Waals surface area contributed by atoms with E-state index in [9.17, 15) is 18.0 Å². The molecule has 0 aromatic heterocycles. The number of carbonyl (C=O) groups excluding carboxylic acids is 1. The summed E-state index contributed by atoms with van der Waals surface area (Å²) >= 11 is 0. The summed E-state index contributed by atoms with van der Waals surface area (Å²) in [6.45, 7) is 4.16. The van der Waals surface area contributed by atoms with Crippen molar-refractivity contribution < 1.29 is 18.0 Å². The summed E-state index contributed by atoms with van der Waals surface area (Å²) in [7, 11) is 0. The lowest BCUT2D eigenvalue weighted by Gasteiger charge is -2.24. The molecule has 1 N–H and O–H groups in total. The van der Waals surface area contributed by atoms with Crippen LogP contribution in [-0.4, -0.2) is 5.91 Å². The number of fused-ring (bicyclic) bond motifs is 2. The second-order valence-corrected chi connectivity index (χ2v) is 7.12. The summed E-state index contributed by atoms with van der Waals surface area (Å²) in [6, 6.07) is 10.6. The van der Waals surface area contributed by atoms with Gasteiger partial charge in [0, 0.05) is 30.0 Å². The molecular weight excluding hydrogens is 329 g/mol. The molecule has 0 fully saturated rings. The van der Waals surface area contributed by atoms with Crippen molar-refractivity contribution in [2.24, 2.45) is 0 Å². The Balaban J connectivity index is 1.83. The largest absolute Gasteiger partial charge is 0.416 e. The fourth-order valence-corrected chi connectivity index (χ4v) is 3.71. The van der Waals surface area contributed by atoms with E-state index in [1.54, 1.807) is 6.07 Å². The maximum atomic E-state index is 13.7. The van der Waals surface area contributed by atoms with E-state index in [1.165, 1.54) is 19.9 Å². The molecule has 1 amide bonds. The molecule has 0 spiro atoms. The van der Waals surface area contributed by atoms with Gasteiger partial charge in [0.2, 0.25) is 5.91 Å². The molecule has 0 radical (unpaired) electrons. The van der Waals surface area contributed by atoms with E-state index in [2.05, 4.69) is 5.32 Å². The smallest absolute Gasteiger partial charge is 0.363 e. The third-order valence-electron chi connectivity index (χ3n) is 5.08. The number of anilines is 2. The van der Waals surface area contributed by atoms with Crippen molar-refractivity contribution in [2.75, 3.05) is 10.2 Å². The van der Waals surface area contributed by atoms with Crippen molar-refractivity contribution in [3.8, 4) is 0 Å². The Morgan fingerprint density at radius 1 is 1.08 bits per heavy atom. The number of halogens is 3. The zero-order valence-electron chi connectivity index (χ0n) is 13.9. The van der Waals surface area contributed by atoms with E-state index in [-0.39, 0.29) is 11.3 Å². The van der Waals surface area contributed by atoms with Crippen molar-refractivity contribution in [3.63, 3.8) is 0 Å². The summed E-state index contributed by atoms with van der Waals surface area (Å²) in [5.74, 6) is -0.408. The van der Waals surface area contributed by atoms with Crippen LogP contribution in [0.1, 0.15) is 36.1 Å². The predicted octanol–water partition coefficient (Wildman–Crippen LogP) is 4.46. The van der Waals surface area contributed by atoms with Crippen LogP contribution in [0.2, 0.25) is 0 Å². The van der Waals surface area contributed by atoms with Crippen LogP contribution in [0, 0.1) is 0 Å². The maximum Gasteiger partial charge on any atom is 0.416 e. The van der Waals surface area contributed by atoms with Crippen molar-refractivity contribution in [1.82, 2.24) is 0 Å². The SMILES string of the molecule is CC1(C)C(=O)Nc2cc(N3Cc4ccccc4C3)cc(C(F)(F)F)c21. The van der Waals surface area contributed by atoms with E-state index in [0.29, 0.717) is 18.8 Å². The molecule has 0 saturated heterocycles. The summed E-state index contributed by atoms with van der Waals surface area (Å²) < 4.78 is 41.1. The van der Waals surface area contributed by atoms with Crippen molar-refractivity contribution in [1.29, 1.82) is 0 Å². The van der Waals surface area contributed by atoms with Gasteiger partial charge in [-0.15, -0.1) is 0 Å². The van der Waals surface area contributed by atoms with Crippen LogP contribution < -0.4 is 10.2 Å². The lowest BCUT2D eigenvalue weighted by atomic mass is 9.82. The Labute approximate surface area is 143 Å². The Kier molecular flexibility index (Phi) is 3.20. The Bertz CT molecular complexity index is 862. The van der Waals surface area contributed by atoms with Crippen LogP contribution in [0.5, 0.6) is 0 Å². The molecule has 0 atom stereocenters. The van der Waals surface area contributed by atoms with E-state index >= 15 is 0 Å². The van der Waals surface area contributed by atoms with Gasteiger partial charge in [-0.3, -0.25) is 4.79 Å². The van der Waals surface area contributed by atoms with Gasteiger partial charge in [-0.25, -0.2) is 0 Å². The van der Waals surface area contributed by atoms with E-state index in [4.69, 9.17) is 0 Å². The van der Waals surface area contributed by atoms with Gasteiger partial charge in [-0.1, -0.05) is 24.3 Å². The molecule has 4 rings (SSSR count). The summed E-state index contributed by atoms with van der Waals surface area (Å²) in [4.78, 5) is 14.1. The number of hydrogen-bond acceptors (Lipinski definition) is 2. The monoisotopic (exact) mass is 346 g/mol. The molecule has 25 heavy (non-hydrogen) atoms. The molecule has 0 saturated carbocycles. The molecule has 2 aromatic rings. The molecular formula is C19H17F3N2O. The minimum atomic E-state index is -4.52. The topological polar surface area (TPSA) is 32.3 Å². The molecule has 0 bridgehead atoms. The van der Waals surface area contributed by atoms with E-state index < -0.39 is 23.1 Å². The predicted molar refractivity (Wildman–Crippen MR) is 89.4 cm³/mol. The first-order valence-electron chi connectivity index (χ1n) is 8.07. The van der Waals surface area contributed by atoms with Crippen LogP contribution in [0.25, 0.3) is 0 Å². The zero-order chi connectivity index (χ0) is 18.0. The Morgan fingerprint density at radius 3 is 2.24 bits per heavy atom. The van der Waals surface area contributed by atoms with Crippen molar-refractivity contribution in [3.05, 3.63) is 58.7 Å². The minimum Gasteiger partial charge on any atom is -0.363 e. The van der Waals surface area contributed by atoms with Crippen molar-refractivity contribution >= 4 is 17.3 Å². The van der Waals surface area contributed by atoms with Crippen LogP contribution in [-0.2, 0) is 29.5 Å². The number of nitrogens with one attached hydrogen (secondary N) is 1. The summed E-state index contributed by atoms with van der Waals surface area (Å²) in [6.07, 6.45) is -4.52. The molecule has 2 aliphatic rings. The highest BCUT2D eigenvalue weighted by atomic mass is 19.4. The van der Waals surface area contributed by atoms with Crippen LogP contribution in [0.4, 0.5) is 24.5 Å². The summed E-state index contributed by atoms with van der Waals surface area (Å²) in [5, 5.41) is 2.62. The quantitative estimate of drug-likeness (QED) is 0.827. The fourth-order valence-electron chi connectivity index (χ4n) is 3.71. The minimum absolute atomic E-state index is 0.0328. The van der Waals surface area contributed by atoms with Gasteiger partial charge in [0.1, 0.15) is 0 Å². The average Bonchev–Trinajstić information content (AvgIpc) is 3.05. The Morgan fingerprint density at radius 2 is 1.68 bits per heavy atom. The molecule has 2 aromatic carbocycles. The van der Waals surface area contributed by atoms with Crippen molar-refractivity contribution in [2.45, 2.75) is 38.5 Å². The second-order valence-electron chi connectivity index (χ2n) is 7.12. The van der Waals surface area contributed by atoms with Gasteiger partial charge in [-0.05, 0) is 37.1 Å². The third-order valence-corrected chi connectivity index (χ3v) is 5.08. The normalized spacial score (nSPS) is 18.1. The molecule has 0 aliphatic carbocycles. The first-order valence-corrected chi connectivity index (χ1v) is 8.07. The van der Waals surface area contributed by atoms with Gasteiger partial charge in [0.05, 0.1) is 11.0 Å². The van der Waals surface area contributed by atoms with Gasteiger partial charge < -0.3 is 10.2 Å². The van der Waals surface area contributed by atoms with Gasteiger partial charge >= 0.3 is 6.18 Å². The van der Waals surface area contributed by atoms with Crippen LogP contribution in [0.3, 0.4) is 0 Å². The first-order chi connectivity index (χ1) is 11.7. The molecule has 130 valence electrons. The second kappa shape index (κ2) is 5.00. The number of hydrogen-bond donors (Lipinski definition) is 1. The van der Waals surface area contributed by atoms with Gasteiger partial charge in [0.25, 0.3) is 0 Å². The molecule has 6 heteroatoms. The fraction of sp³-hybridized carbons (Fsp3) is 0.316. The first kappa shape index (κ1) is 16.0. The maximum absolute atomic E-state index is 13.7. The highest BCUT2D eigenvalue weighted by Gasteiger charge is 2.47. The lowest BCUT2D eigenvalue weighted by Crippen LogP contribution is -2.29. The van der Waals surface area contributed by atoms with E-state index in [1.807, 2.05) is 29.2 Å². The average molecular weight is 346 g/mol. The summed E-state index contributed by atoms with van der Waals surface area (Å²) in [5.41, 5.74) is 1.05. The zero-order valence-corrected chi connectivity index (χ0v) is 13.9. The number of amides is 1. The third kappa shape index (κ3) is 2.39. The lowest BCUT2D eigenvalue weighted by molar-refractivity contribution is -0.138. The van der Waals surface area contributed by atoms with Crippen LogP contribution >= 0.6 is 0 Å². The highest BCUT2D eigenvalue weighted by molar-refractivity contribution is 6.06. The number of benzene rings is 2.